The molecule has 1 rings (SSSR count). The van der Waals surface area contributed by atoms with Crippen LogP contribution in [-0.2, 0) is 16.0 Å². The summed E-state index contributed by atoms with van der Waals surface area (Å²) in [6.07, 6.45) is 0.829. The number of para-hydroxylation sites is 1. The molecule has 1 aromatic carbocycles. The number of nitrogens with one attached hydrogen (secondary N) is 2. The van der Waals surface area contributed by atoms with Crippen molar-refractivity contribution in [3.05, 3.63) is 39.9 Å². The van der Waals surface area contributed by atoms with Gasteiger partial charge in [0, 0.05) is 45.5 Å². The first kappa shape index (κ1) is 18.9. The van der Waals surface area contributed by atoms with E-state index in [0.29, 0.717) is 44.4 Å². The van der Waals surface area contributed by atoms with Crippen molar-refractivity contribution in [3.8, 4) is 0 Å². The molecule has 0 heterocycles. The fourth-order valence-electron chi connectivity index (χ4n) is 1.86. The van der Waals surface area contributed by atoms with Crippen molar-refractivity contribution in [3.63, 3.8) is 0 Å². The van der Waals surface area contributed by atoms with Gasteiger partial charge >= 0.3 is 0 Å². The SMILES string of the molecule is CN=C(NCCCOCCOC)NCc1ccccc1[N+](=O)[O-]. The van der Waals surface area contributed by atoms with Crippen LogP contribution in [0.2, 0.25) is 0 Å². The highest BCUT2D eigenvalue weighted by Gasteiger charge is 2.12. The Labute approximate surface area is 136 Å². The summed E-state index contributed by atoms with van der Waals surface area (Å²) in [5, 5.41) is 17.2. The van der Waals surface area contributed by atoms with E-state index in [1.165, 1.54) is 6.07 Å². The van der Waals surface area contributed by atoms with Crippen LogP contribution in [0.3, 0.4) is 0 Å². The number of nitro groups is 1. The first-order chi connectivity index (χ1) is 11.2. The molecule has 0 bridgehead atoms. The van der Waals surface area contributed by atoms with Gasteiger partial charge < -0.3 is 20.1 Å². The molecule has 0 unspecified atom stereocenters. The largest absolute Gasteiger partial charge is 0.382 e. The fourth-order valence-corrected chi connectivity index (χ4v) is 1.86. The summed E-state index contributed by atoms with van der Waals surface area (Å²) in [6, 6.07) is 6.64. The van der Waals surface area contributed by atoms with Crippen molar-refractivity contribution in [2.45, 2.75) is 13.0 Å². The first-order valence-electron chi connectivity index (χ1n) is 7.42. The molecular formula is C15H24N4O4. The van der Waals surface area contributed by atoms with Crippen LogP contribution in [-0.4, -0.2) is 51.4 Å². The number of hydrogen-bond acceptors (Lipinski definition) is 5. The Bertz CT molecular complexity index is 508. The number of nitrogens with zero attached hydrogens (tertiary/aromatic N) is 2. The third-order valence-corrected chi connectivity index (χ3v) is 3.05. The number of nitro benzene ring substituents is 1. The van der Waals surface area contributed by atoms with Crippen molar-refractivity contribution < 1.29 is 14.4 Å². The zero-order valence-electron chi connectivity index (χ0n) is 13.6. The molecule has 8 nitrogen and oxygen atoms in total. The number of benzene rings is 1. The second-order valence-corrected chi connectivity index (χ2v) is 4.70. The Hall–Kier alpha value is -2.19. The van der Waals surface area contributed by atoms with E-state index in [-0.39, 0.29) is 10.6 Å². The van der Waals surface area contributed by atoms with Gasteiger partial charge in [-0.15, -0.1) is 0 Å². The van der Waals surface area contributed by atoms with Gasteiger partial charge in [0.25, 0.3) is 5.69 Å². The van der Waals surface area contributed by atoms with Crippen molar-refractivity contribution in [2.75, 3.05) is 40.5 Å². The van der Waals surface area contributed by atoms with E-state index < -0.39 is 0 Å². The lowest BCUT2D eigenvalue weighted by atomic mass is 10.2. The average Bonchev–Trinajstić information content (AvgIpc) is 2.57. The second-order valence-electron chi connectivity index (χ2n) is 4.70. The van der Waals surface area contributed by atoms with E-state index in [0.717, 1.165) is 6.42 Å². The average molecular weight is 324 g/mol. The van der Waals surface area contributed by atoms with Crippen LogP contribution in [0.4, 0.5) is 5.69 Å². The minimum atomic E-state index is -0.384. The minimum Gasteiger partial charge on any atom is -0.382 e. The normalized spacial score (nSPS) is 11.3. The van der Waals surface area contributed by atoms with Crippen molar-refractivity contribution >= 4 is 11.6 Å². The van der Waals surface area contributed by atoms with E-state index in [4.69, 9.17) is 9.47 Å². The summed E-state index contributed by atoms with van der Waals surface area (Å²) in [4.78, 5) is 14.7. The van der Waals surface area contributed by atoms with Gasteiger partial charge in [0.15, 0.2) is 5.96 Å². The van der Waals surface area contributed by atoms with Gasteiger partial charge in [0.2, 0.25) is 0 Å². The molecule has 0 aliphatic rings. The molecular weight excluding hydrogens is 300 g/mol. The molecule has 0 aliphatic heterocycles. The highest BCUT2D eigenvalue weighted by atomic mass is 16.6. The van der Waals surface area contributed by atoms with Crippen LogP contribution < -0.4 is 10.6 Å². The number of guanidine groups is 1. The van der Waals surface area contributed by atoms with E-state index in [1.54, 1.807) is 32.4 Å². The lowest BCUT2D eigenvalue weighted by Crippen LogP contribution is -2.37. The molecule has 0 atom stereocenters. The van der Waals surface area contributed by atoms with E-state index in [1.807, 2.05) is 0 Å². The smallest absolute Gasteiger partial charge is 0.274 e. The maximum absolute atomic E-state index is 11.0. The third kappa shape index (κ3) is 7.57. The van der Waals surface area contributed by atoms with Crippen molar-refractivity contribution in [2.24, 2.45) is 4.99 Å². The third-order valence-electron chi connectivity index (χ3n) is 3.05. The number of aliphatic imine (C=N–C) groups is 1. The van der Waals surface area contributed by atoms with E-state index in [9.17, 15) is 10.1 Å². The molecule has 0 radical (unpaired) electrons. The summed E-state index contributed by atoms with van der Waals surface area (Å²) in [5.41, 5.74) is 0.713. The van der Waals surface area contributed by atoms with Crippen molar-refractivity contribution in [1.82, 2.24) is 10.6 Å². The molecule has 0 spiro atoms. The van der Waals surface area contributed by atoms with Crippen LogP contribution in [0.15, 0.2) is 29.3 Å². The molecule has 8 heteroatoms. The quantitative estimate of drug-likeness (QED) is 0.221. The number of methoxy groups -OCH3 is 1. The van der Waals surface area contributed by atoms with E-state index >= 15 is 0 Å². The molecule has 0 aromatic heterocycles. The van der Waals surface area contributed by atoms with Gasteiger partial charge in [-0.1, -0.05) is 18.2 Å². The topological polar surface area (TPSA) is 98.0 Å². The van der Waals surface area contributed by atoms with Crippen LogP contribution in [0, 0.1) is 10.1 Å². The molecule has 0 saturated carbocycles. The molecule has 0 aliphatic carbocycles. The summed E-state index contributed by atoms with van der Waals surface area (Å²) in [6.45, 7) is 2.84. The van der Waals surface area contributed by atoms with Gasteiger partial charge in [0.05, 0.1) is 18.1 Å². The molecule has 0 amide bonds. The minimum absolute atomic E-state index is 0.0991. The monoisotopic (exact) mass is 324 g/mol. The first-order valence-corrected chi connectivity index (χ1v) is 7.42. The summed E-state index contributed by atoms with van der Waals surface area (Å²) in [7, 11) is 3.29. The van der Waals surface area contributed by atoms with Gasteiger partial charge in [0.1, 0.15) is 0 Å². The molecule has 0 saturated heterocycles. The Morgan fingerprint density at radius 3 is 2.74 bits per heavy atom. The van der Waals surface area contributed by atoms with Gasteiger partial charge in [-0.2, -0.15) is 0 Å². The van der Waals surface area contributed by atoms with Crippen LogP contribution >= 0.6 is 0 Å². The predicted molar refractivity (Wildman–Crippen MR) is 88.6 cm³/mol. The number of rotatable bonds is 10. The zero-order chi connectivity index (χ0) is 16.9. The van der Waals surface area contributed by atoms with Crippen LogP contribution in [0.5, 0.6) is 0 Å². The highest BCUT2D eigenvalue weighted by Crippen LogP contribution is 2.16. The molecule has 1 aromatic rings. The summed E-state index contributed by atoms with van der Waals surface area (Å²) >= 11 is 0. The second kappa shape index (κ2) is 11.4. The molecule has 128 valence electrons. The lowest BCUT2D eigenvalue weighted by Gasteiger charge is -2.12. The van der Waals surface area contributed by atoms with Gasteiger partial charge in [-0.25, -0.2) is 0 Å². The Morgan fingerprint density at radius 2 is 2.04 bits per heavy atom. The van der Waals surface area contributed by atoms with Crippen LogP contribution in [0.25, 0.3) is 0 Å². The van der Waals surface area contributed by atoms with Gasteiger partial charge in [-0.05, 0) is 6.42 Å². The Kier molecular flexibility index (Phi) is 9.34. The predicted octanol–water partition coefficient (Wildman–Crippen LogP) is 1.31. The molecule has 2 N–H and O–H groups in total. The molecule has 0 fully saturated rings. The number of ether oxygens (including phenoxy) is 2. The fraction of sp³-hybridized carbons (Fsp3) is 0.533. The Balaban J connectivity index is 2.31. The standard InChI is InChI=1S/C15H24N4O4/c1-16-15(17-8-5-9-23-11-10-22-2)18-12-13-6-3-4-7-14(13)19(20)21/h3-4,6-7H,5,8-12H2,1-2H3,(H2,16,17,18). The van der Waals surface area contributed by atoms with Gasteiger partial charge in [-0.3, -0.25) is 15.1 Å². The summed E-state index contributed by atoms with van der Waals surface area (Å²) < 4.78 is 10.2. The number of hydrogen-bond donors (Lipinski definition) is 2. The lowest BCUT2D eigenvalue weighted by molar-refractivity contribution is -0.385. The Morgan fingerprint density at radius 1 is 1.26 bits per heavy atom. The highest BCUT2D eigenvalue weighted by molar-refractivity contribution is 5.79. The molecule has 23 heavy (non-hydrogen) atoms. The summed E-state index contributed by atoms with van der Waals surface area (Å²) in [5.74, 6) is 0.597. The van der Waals surface area contributed by atoms with Crippen molar-refractivity contribution in [1.29, 1.82) is 0 Å². The van der Waals surface area contributed by atoms with Crippen LogP contribution in [0.1, 0.15) is 12.0 Å². The maximum Gasteiger partial charge on any atom is 0.274 e. The maximum atomic E-state index is 11.0. The zero-order valence-corrected chi connectivity index (χ0v) is 13.6. The van der Waals surface area contributed by atoms with E-state index in [2.05, 4.69) is 15.6 Å².